The van der Waals surface area contributed by atoms with Crippen LogP contribution in [0.4, 0.5) is 0 Å². The second-order valence-corrected chi connectivity index (χ2v) is 4.91. The van der Waals surface area contributed by atoms with Crippen molar-refractivity contribution in [1.82, 2.24) is 4.98 Å². The minimum atomic E-state index is 1.07. The molecule has 4 aromatic rings. The van der Waals surface area contributed by atoms with Crippen molar-refractivity contribution in [2.45, 2.75) is 0 Å². The van der Waals surface area contributed by atoms with Crippen LogP contribution in [0, 0.1) is 0 Å². The summed E-state index contributed by atoms with van der Waals surface area (Å²) in [6, 6.07) is 25.3. The number of fused-ring (bicyclic) bond motifs is 3. The van der Waals surface area contributed by atoms with Crippen LogP contribution >= 0.6 is 0 Å². The average molecular weight is 255 g/mol. The molecule has 0 aliphatic carbocycles. The topological polar surface area (TPSA) is 12.9 Å². The van der Waals surface area contributed by atoms with E-state index in [1.165, 1.54) is 27.3 Å². The summed E-state index contributed by atoms with van der Waals surface area (Å²) in [5, 5.41) is 3.73. The SMILES string of the molecule is c1ccc(-c2cc3ccccc3c3cccnc23)cc1. The lowest BCUT2D eigenvalue weighted by Gasteiger charge is -2.09. The highest BCUT2D eigenvalue weighted by Gasteiger charge is 2.08. The van der Waals surface area contributed by atoms with Crippen molar-refractivity contribution in [3.05, 3.63) is 79.0 Å². The molecule has 20 heavy (non-hydrogen) atoms. The molecular formula is C19H13N. The van der Waals surface area contributed by atoms with Crippen LogP contribution in [0.3, 0.4) is 0 Å². The number of hydrogen-bond acceptors (Lipinski definition) is 1. The fourth-order valence-corrected chi connectivity index (χ4v) is 2.77. The van der Waals surface area contributed by atoms with Gasteiger partial charge >= 0.3 is 0 Å². The number of nitrogens with zero attached hydrogens (tertiary/aromatic N) is 1. The van der Waals surface area contributed by atoms with Gasteiger partial charge in [0.1, 0.15) is 0 Å². The predicted octanol–water partition coefficient (Wildman–Crippen LogP) is 5.06. The van der Waals surface area contributed by atoms with E-state index in [1.54, 1.807) is 0 Å². The molecule has 0 fully saturated rings. The molecule has 0 radical (unpaired) electrons. The standard InChI is InChI=1S/C19H13N/c1-2-7-14(8-3-1)18-13-15-9-4-5-10-16(15)17-11-6-12-20-19(17)18/h1-13H. The minimum Gasteiger partial charge on any atom is -0.256 e. The summed E-state index contributed by atoms with van der Waals surface area (Å²) in [4.78, 5) is 4.61. The van der Waals surface area contributed by atoms with Crippen LogP contribution in [0.15, 0.2) is 79.0 Å². The molecule has 0 amide bonds. The van der Waals surface area contributed by atoms with Gasteiger partial charge in [-0.2, -0.15) is 0 Å². The summed E-state index contributed by atoms with van der Waals surface area (Å²) >= 11 is 0. The fraction of sp³-hybridized carbons (Fsp3) is 0. The zero-order valence-corrected chi connectivity index (χ0v) is 11.0. The third kappa shape index (κ3) is 1.68. The molecule has 1 heterocycles. The Balaban J connectivity index is 2.19. The fourth-order valence-electron chi connectivity index (χ4n) is 2.77. The average Bonchev–Trinajstić information content (AvgIpc) is 2.55. The molecule has 1 aromatic heterocycles. The molecule has 0 aliphatic rings. The molecule has 1 nitrogen and oxygen atoms in total. The lowest BCUT2D eigenvalue weighted by Crippen LogP contribution is -1.86. The van der Waals surface area contributed by atoms with E-state index in [1.807, 2.05) is 18.3 Å². The van der Waals surface area contributed by atoms with Gasteiger partial charge in [-0.1, -0.05) is 60.7 Å². The zero-order valence-electron chi connectivity index (χ0n) is 11.0. The van der Waals surface area contributed by atoms with Crippen molar-refractivity contribution < 1.29 is 0 Å². The quantitative estimate of drug-likeness (QED) is 0.433. The lowest BCUT2D eigenvalue weighted by molar-refractivity contribution is 1.42. The summed E-state index contributed by atoms with van der Waals surface area (Å²) in [6.45, 7) is 0. The Morgan fingerprint density at radius 2 is 1.40 bits per heavy atom. The first-order chi connectivity index (χ1) is 9.93. The maximum atomic E-state index is 4.61. The Labute approximate surface area is 117 Å². The highest BCUT2D eigenvalue weighted by Crippen LogP contribution is 2.33. The molecule has 0 saturated carbocycles. The van der Waals surface area contributed by atoms with Crippen LogP contribution in [-0.4, -0.2) is 4.98 Å². The molecule has 0 bridgehead atoms. The lowest BCUT2D eigenvalue weighted by atomic mass is 9.96. The molecule has 3 aromatic carbocycles. The molecule has 0 N–H and O–H groups in total. The second-order valence-electron chi connectivity index (χ2n) is 4.91. The summed E-state index contributed by atoms with van der Waals surface area (Å²) in [7, 11) is 0. The molecule has 4 rings (SSSR count). The summed E-state index contributed by atoms with van der Waals surface area (Å²) < 4.78 is 0. The third-order valence-electron chi connectivity index (χ3n) is 3.70. The number of benzene rings is 3. The van der Waals surface area contributed by atoms with Crippen molar-refractivity contribution in [1.29, 1.82) is 0 Å². The van der Waals surface area contributed by atoms with Gasteiger partial charge in [0.05, 0.1) is 5.52 Å². The van der Waals surface area contributed by atoms with E-state index in [4.69, 9.17) is 0 Å². The van der Waals surface area contributed by atoms with Gasteiger partial charge in [-0.15, -0.1) is 0 Å². The normalized spacial score (nSPS) is 11.0. The molecule has 0 saturated heterocycles. The highest BCUT2D eigenvalue weighted by molar-refractivity contribution is 6.12. The van der Waals surface area contributed by atoms with Crippen LogP contribution in [0.2, 0.25) is 0 Å². The smallest absolute Gasteiger partial charge is 0.0786 e. The van der Waals surface area contributed by atoms with Crippen molar-refractivity contribution in [3.8, 4) is 11.1 Å². The number of pyridine rings is 1. The van der Waals surface area contributed by atoms with E-state index in [2.05, 4.69) is 65.6 Å². The summed E-state index contributed by atoms with van der Waals surface area (Å²) in [5.74, 6) is 0. The molecule has 0 spiro atoms. The van der Waals surface area contributed by atoms with Gasteiger partial charge in [0, 0.05) is 17.1 Å². The first-order valence-electron chi connectivity index (χ1n) is 6.75. The molecular weight excluding hydrogens is 242 g/mol. The predicted molar refractivity (Wildman–Crippen MR) is 84.7 cm³/mol. The Kier molecular flexibility index (Phi) is 2.49. The molecule has 0 atom stereocenters. The maximum absolute atomic E-state index is 4.61. The molecule has 1 heteroatoms. The Bertz CT molecular complexity index is 895. The largest absolute Gasteiger partial charge is 0.256 e. The van der Waals surface area contributed by atoms with Crippen LogP contribution in [0.25, 0.3) is 32.8 Å². The van der Waals surface area contributed by atoms with E-state index < -0.39 is 0 Å². The Hall–Kier alpha value is -2.67. The Morgan fingerprint density at radius 3 is 2.30 bits per heavy atom. The van der Waals surface area contributed by atoms with Crippen molar-refractivity contribution >= 4 is 21.7 Å². The molecule has 0 aliphatic heterocycles. The van der Waals surface area contributed by atoms with Crippen molar-refractivity contribution in [2.75, 3.05) is 0 Å². The second kappa shape index (κ2) is 4.46. The van der Waals surface area contributed by atoms with Gasteiger partial charge < -0.3 is 0 Å². The van der Waals surface area contributed by atoms with E-state index in [0.29, 0.717) is 0 Å². The van der Waals surface area contributed by atoms with E-state index in [-0.39, 0.29) is 0 Å². The van der Waals surface area contributed by atoms with Gasteiger partial charge in [-0.05, 0) is 28.5 Å². The summed E-state index contributed by atoms with van der Waals surface area (Å²) in [6.07, 6.45) is 1.86. The first-order valence-corrected chi connectivity index (χ1v) is 6.75. The number of aromatic nitrogens is 1. The molecule has 94 valence electrons. The first kappa shape index (κ1) is 11.2. The van der Waals surface area contributed by atoms with Crippen LogP contribution < -0.4 is 0 Å². The van der Waals surface area contributed by atoms with Gasteiger partial charge in [0.2, 0.25) is 0 Å². The van der Waals surface area contributed by atoms with Crippen molar-refractivity contribution in [2.24, 2.45) is 0 Å². The maximum Gasteiger partial charge on any atom is 0.0786 e. The van der Waals surface area contributed by atoms with Gasteiger partial charge in [-0.3, -0.25) is 4.98 Å². The third-order valence-corrected chi connectivity index (χ3v) is 3.70. The van der Waals surface area contributed by atoms with Crippen LogP contribution in [0.1, 0.15) is 0 Å². The molecule has 0 unspecified atom stereocenters. The zero-order chi connectivity index (χ0) is 13.4. The monoisotopic (exact) mass is 255 g/mol. The van der Waals surface area contributed by atoms with Gasteiger partial charge in [0.15, 0.2) is 0 Å². The number of rotatable bonds is 1. The van der Waals surface area contributed by atoms with Crippen molar-refractivity contribution in [3.63, 3.8) is 0 Å². The van der Waals surface area contributed by atoms with E-state index in [9.17, 15) is 0 Å². The van der Waals surface area contributed by atoms with Gasteiger partial charge in [-0.25, -0.2) is 0 Å². The van der Waals surface area contributed by atoms with E-state index in [0.717, 1.165) is 5.52 Å². The number of hydrogen-bond donors (Lipinski definition) is 0. The highest BCUT2D eigenvalue weighted by atomic mass is 14.6. The summed E-state index contributed by atoms with van der Waals surface area (Å²) in [5.41, 5.74) is 3.47. The van der Waals surface area contributed by atoms with Crippen LogP contribution in [-0.2, 0) is 0 Å². The minimum absolute atomic E-state index is 1.07. The Morgan fingerprint density at radius 1 is 0.650 bits per heavy atom. The van der Waals surface area contributed by atoms with E-state index >= 15 is 0 Å². The van der Waals surface area contributed by atoms with Crippen LogP contribution in [0.5, 0.6) is 0 Å². The van der Waals surface area contributed by atoms with Gasteiger partial charge in [0.25, 0.3) is 0 Å².